The summed E-state index contributed by atoms with van der Waals surface area (Å²) < 4.78 is 5.82. The lowest BCUT2D eigenvalue weighted by Crippen LogP contribution is -2.49. The van der Waals surface area contributed by atoms with E-state index in [1.54, 1.807) is 6.20 Å². The molecule has 17 heavy (non-hydrogen) atoms. The summed E-state index contributed by atoms with van der Waals surface area (Å²) in [6, 6.07) is 2.38. The summed E-state index contributed by atoms with van der Waals surface area (Å²) in [4.78, 5) is 8.87. The van der Waals surface area contributed by atoms with Crippen LogP contribution >= 0.6 is 11.6 Å². The molecular weight excluding hydrogens is 238 g/mol. The lowest BCUT2D eigenvalue weighted by Gasteiger charge is -2.37. The van der Waals surface area contributed by atoms with E-state index in [1.165, 1.54) is 0 Å². The van der Waals surface area contributed by atoms with Crippen molar-refractivity contribution in [3.05, 3.63) is 23.5 Å². The number of morpholine rings is 1. The molecule has 0 aromatic carbocycles. The van der Waals surface area contributed by atoms with Gasteiger partial charge in [-0.1, -0.05) is 11.6 Å². The van der Waals surface area contributed by atoms with Gasteiger partial charge in [-0.3, -0.25) is 4.98 Å². The molecule has 3 saturated heterocycles. The molecule has 5 heteroatoms. The van der Waals surface area contributed by atoms with Crippen LogP contribution in [0, 0.1) is 0 Å². The number of ether oxygens (including phenoxy) is 1. The highest BCUT2D eigenvalue weighted by atomic mass is 35.5. The van der Waals surface area contributed by atoms with Crippen molar-refractivity contribution in [3.63, 3.8) is 0 Å². The first kappa shape index (κ1) is 11.3. The van der Waals surface area contributed by atoms with Crippen molar-refractivity contribution in [2.24, 2.45) is 0 Å². The van der Waals surface area contributed by atoms with E-state index in [2.05, 4.69) is 21.8 Å². The van der Waals surface area contributed by atoms with E-state index in [-0.39, 0.29) is 6.10 Å². The van der Waals surface area contributed by atoms with E-state index < -0.39 is 0 Å². The van der Waals surface area contributed by atoms with Gasteiger partial charge >= 0.3 is 0 Å². The minimum Gasteiger partial charge on any atom is -0.373 e. The Morgan fingerprint density at radius 2 is 2.24 bits per heavy atom. The van der Waals surface area contributed by atoms with E-state index in [0.717, 1.165) is 31.9 Å². The number of rotatable bonds is 1. The Bertz CT molecular complexity index is 414. The molecule has 3 aliphatic heterocycles. The Kier molecular flexibility index (Phi) is 2.94. The fraction of sp³-hybridized carbons (Fsp3) is 0.583. The maximum absolute atomic E-state index is 6.00. The highest BCUT2D eigenvalue weighted by molar-refractivity contribution is 6.30. The van der Waals surface area contributed by atoms with E-state index in [9.17, 15) is 0 Å². The van der Waals surface area contributed by atoms with Crippen molar-refractivity contribution in [2.45, 2.75) is 12.1 Å². The number of hydrogen-bond acceptors (Lipinski definition) is 4. The van der Waals surface area contributed by atoms with Crippen molar-refractivity contribution < 1.29 is 4.74 Å². The highest BCUT2D eigenvalue weighted by Gasteiger charge is 2.34. The Balaban J connectivity index is 1.88. The summed E-state index contributed by atoms with van der Waals surface area (Å²) in [7, 11) is 2.15. The Hall–Kier alpha value is -0.840. The fourth-order valence-corrected chi connectivity index (χ4v) is 2.84. The van der Waals surface area contributed by atoms with Crippen LogP contribution in [0.25, 0.3) is 0 Å². The van der Waals surface area contributed by atoms with Gasteiger partial charge in [0.05, 0.1) is 35.7 Å². The third-order valence-corrected chi connectivity index (χ3v) is 3.63. The van der Waals surface area contributed by atoms with Crippen LogP contribution in [-0.4, -0.2) is 55.3 Å². The van der Waals surface area contributed by atoms with Gasteiger partial charge in [0.1, 0.15) is 0 Å². The smallest absolute Gasteiger partial charge is 0.0877 e. The maximum atomic E-state index is 6.00. The van der Waals surface area contributed by atoms with Gasteiger partial charge in [-0.05, 0) is 13.1 Å². The van der Waals surface area contributed by atoms with Gasteiger partial charge in [-0.2, -0.15) is 0 Å². The number of aromatic nitrogens is 1. The summed E-state index contributed by atoms with van der Waals surface area (Å²) in [6.45, 7) is 3.75. The molecule has 3 fully saturated rings. The van der Waals surface area contributed by atoms with Crippen molar-refractivity contribution in [1.82, 2.24) is 9.88 Å². The minimum absolute atomic E-state index is 0.290. The van der Waals surface area contributed by atoms with Crippen molar-refractivity contribution in [3.8, 4) is 0 Å². The van der Waals surface area contributed by atoms with Crippen LogP contribution in [0.1, 0.15) is 0 Å². The molecule has 0 saturated carbocycles. The molecule has 0 aliphatic carbocycles. The van der Waals surface area contributed by atoms with E-state index >= 15 is 0 Å². The molecule has 2 unspecified atom stereocenters. The van der Waals surface area contributed by atoms with Gasteiger partial charge in [0.15, 0.2) is 0 Å². The zero-order chi connectivity index (χ0) is 11.8. The second kappa shape index (κ2) is 4.44. The number of hydrogen-bond donors (Lipinski definition) is 0. The largest absolute Gasteiger partial charge is 0.373 e. The normalized spacial score (nSPS) is 29.4. The highest BCUT2D eigenvalue weighted by Crippen LogP contribution is 2.26. The molecule has 1 aromatic rings. The third kappa shape index (κ3) is 2.25. The summed E-state index contributed by atoms with van der Waals surface area (Å²) in [6.07, 6.45) is 3.84. The van der Waals surface area contributed by atoms with E-state index in [4.69, 9.17) is 16.3 Å². The topological polar surface area (TPSA) is 28.6 Å². The van der Waals surface area contributed by atoms with Gasteiger partial charge in [-0.15, -0.1) is 0 Å². The van der Waals surface area contributed by atoms with Gasteiger partial charge in [-0.25, -0.2) is 0 Å². The van der Waals surface area contributed by atoms with Crippen LogP contribution < -0.4 is 4.90 Å². The van der Waals surface area contributed by atoms with Crippen LogP contribution in [0.4, 0.5) is 5.69 Å². The second-order valence-corrected chi connectivity index (χ2v) is 5.28. The number of anilines is 1. The van der Waals surface area contributed by atoms with Gasteiger partial charge < -0.3 is 14.5 Å². The average Bonchev–Trinajstić information content (AvgIpc) is 2.57. The molecule has 0 radical (unpaired) electrons. The van der Waals surface area contributed by atoms with Crippen molar-refractivity contribution in [2.75, 3.05) is 38.2 Å². The zero-order valence-electron chi connectivity index (χ0n) is 9.84. The van der Waals surface area contributed by atoms with Crippen LogP contribution in [0.5, 0.6) is 0 Å². The summed E-state index contributed by atoms with van der Waals surface area (Å²) in [5.74, 6) is 0. The quantitative estimate of drug-likeness (QED) is 0.753. The van der Waals surface area contributed by atoms with E-state index in [0.29, 0.717) is 11.1 Å². The van der Waals surface area contributed by atoms with Crippen LogP contribution in [0.3, 0.4) is 0 Å². The SMILES string of the molecule is CN1CC2CN(c3cncc(Cl)c3)C(CO2)C1. The first-order valence-corrected chi connectivity index (χ1v) is 6.27. The molecule has 0 spiro atoms. The monoisotopic (exact) mass is 253 g/mol. The predicted molar refractivity (Wildman–Crippen MR) is 67.6 cm³/mol. The summed E-state index contributed by atoms with van der Waals surface area (Å²) in [5.41, 5.74) is 1.10. The molecule has 4 rings (SSSR count). The molecule has 2 bridgehead atoms. The first-order chi connectivity index (χ1) is 8.22. The van der Waals surface area contributed by atoms with E-state index in [1.807, 2.05) is 12.3 Å². The zero-order valence-corrected chi connectivity index (χ0v) is 10.6. The number of pyridine rings is 1. The first-order valence-electron chi connectivity index (χ1n) is 5.90. The van der Waals surface area contributed by atoms with Crippen LogP contribution in [0.2, 0.25) is 5.02 Å². The van der Waals surface area contributed by atoms with Gasteiger partial charge in [0, 0.05) is 25.8 Å². The van der Waals surface area contributed by atoms with Crippen LogP contribution in [0.15, 0.2) is 18.5 Å². The summed E-state index contributed by atoms with van der Waals surface area (Å²) >= 11 is 6.00. The van der Waals surface area contributed by atoms with Crippen LogP contribution in [-0.2, 0) is 4.74 Å². The fourth-order valence-electron chi connectivity index (χ4n) is 2.68. The molecule has 4 nitrogen and oxygen atoms in total. The lowest BCUT2D eigenvalue weighted by atomic mass is 10.2. The number of fused-ring (bicyclic) bond motifs is 4. The lowest BCUT2D eigenvalue weighted by molar-refractivity contribution is 0.0348. The Morgan fingerprint density at radius 3 is 3.06 bits per heavy atom. The predicted octanol–water partition coefficient (Wildman–Crippen LogP) is 1.25. The number of nitrogens with zero attached hydrogens (tertiary/aromatic N) is 3. The van der Waals surface area contributed by atoms with Gasteiger partial charge in [0.2, 0.25) is 0 Å². The minimum atomic E-state index is 0.290. The van der Waals surface area contributed by atoms with Crippen molar-refractivity contribution in [1.29, 1.82) is 0 Å². The van der Waals surface area contributed by atoms with Gasteiger partial charge in [0.25, 0.3) is 0 Å². The molecular formula is C12H16ClN3O. The average molecular weight is 254 g/mol. The molecule has 0 N–H and O–H groups in total. The molecule has 0 amide bonds. The second-order valence-electron chi connectivity index (χ2n) is 4.84. The molecule has 2 atom stereocenters. The standard InChI is InChI=1S/C12H16ClN3O/c1-15-5-11-8-17-12(6-15)7-16(11)10-2-9(13)3-14-4-10/h2-4,11-12H,5-8H2,1H3. The molecule has 1 aromatic heterocycles. The molecule has 3 aliphatic rings. The summed E-state index contributed by atoms with van der Waals surface area (Å²) in [5, 5.41) is 0.692. The Morgan fingerprint density at radius 1 is 1.35 bits per heavy atom. The third-order valence-electron chi connectivity index (χ3n) is 3.43. The number of halogens is 1. The Labute approximate surface area is 106 Å². The maximum Gasteiger partial charge on any atom is 0.0877 e. The number of likely N-dealkylation sites (N-methyl/N-ethyl adjacent to an activating group) is 1. The van der Waals surface area contributed by atoms with Crippen molar-refractivity contribution >= 4 is 17.3 Å². The molecule has 4 heterocycles. The molecule has 92 valence electrons.